The van der Waals surface area contributed by atoms with Gasteiger partial charge in [-0.15, -0.1) is 0 Å². The third-order valence-electron chi connectivity index (χ3n) is 4.47. The van der Waals surface area contributed by atoms with Crippen LogP contribution in [0.5, 0.6) is 0 Å². The maximum atomic E-state index is 5.38. The fourth-order valence-corrected chi connectivity index (χ4v) is 3.78. The lowest BCUT2D eigenvalue weighted by atomic mass is 10.1. The summed E-state index contributed by atoms with van der Waals surface area (Å²) in [4.78, 5) is 11.2. The summed E-state index contributed by atoms with van der Waals surface area (Å²) in [5, 5.41) is 8.91. The van der Waals surface area contributed by atoms with E-state index in [1.54, 1.807) is 6.33 Å². The van der Waals surface area contributed by atoms with Gasteiger partial charge in [0.2, 0.25) is 0 Å². The Morgan fingerprint density at radius 1 is 1.19 bits per heavy atom. The molecule has 0 aliphatic carbocycles. The van der Waals surface area contributed by atoms with Gasteiger partial charge in [0.1, 0.15) is 12.1 Å². The van der Waals surface area contributed by atoms with Crippen molar-refractivity contribution in [3.63, 3.8) is 0 Å². The number of ether oxygens (including phenoxy) is 1. The summed E-state index contributed by atoms with van der Waals surface area (Å²) < 4.78 is 8.31. The quantitative estimate of drug-likeness (QED) is 0.689. The molecule has 4 rings (SSSR count). The zero-order valence-electron chi connectivity index (χ0n) is 14.7. The topological polar surface area (TPSA) is 68.1 Å². The summed E-state index contributed by atoms with van der Waals surface area (Å²) in [6.07, 6.45) is 3.56. The van der Waals surface area contributed by atoms with Gasteiger partial charge < -0.3 is 10.1 Å². The second-order valence-electron chi connectivity index (χ2n) is 6.41. The average molecular weight is 417 g/mol. The molecule has 7 nitrogen and oxygen atoms in total. The van der Waals surface area contributed by atoms with E-state index in [1.165, 1.54) is 0 Å². The van der Waals surface area contributed by atoms with Crippen molar-refractivity contribution in [3.8, 4) is 0 Å². The highest BCUT2D eigenvalue weighted by Gasteiger charge is 2.11. The van der Waals surface area contributed by atoms with Gasteiger partial charge in [-0.05, 0) is 40.5 Å². The molecule has 1 N–H and O–H groups in total. The van der Waals surface area contributed by atoms with E-state index < -0.39 is 0 Å². The minimum absolute atomic E-state index is 0.762. The molecule has 136 valence electrons. The molecule has 1 aromatic carbocycles. The highest BCUT2D eigenvalue weighted by molar-refractivity contribution is 9.10. The highest BCUT2D eigenvalue weighted by atomic mass is 79.9. The Kier molecular flexibility index (Phi) is 5.14. The normalized spacial score (nSPS) is 15.5. The zero-order valence-corrected chi connectivity index (χ0v) is 16.2. The van der Waals surface area contributed by atoms with Crippen LogP contribution in [0.4, 0.5) is 11.6 Å². The Labute approximate surface area is 160 Å². The molecule has 1 aliphatic heterocycles. The van der Waals surface area contributed by atoms with Gasteiger partial charge in [-0.1, -0.05) is 0 Å². The Morgan fingerprint density at radius 3 is 2.88 bits per heavy atom. The number of aromatic nitrogens is 4. The molecule has 0 atom stereocenters. The first-order valence-electron chi connectivity index (χ1n) is 8.70. The highest BCUT2D eigenvalue weighted by Crippen LogP contribution is 2.29. The molecule has 3 heterocycles. The fourth-order valence-electron chi connectivity index (χ4n) is 3.10. The monoisotopic (exact) mass is 416 g/mol. The number of fused-ring (bicyclic) bond motifs is 1. The summed E-state index contributed by atoms with van der Waals surface area (Å²) >= 11 is 3.58. The van der Waals surface area contributed by atoms with Crippen LogP contribution in [0, 0.1) is 6.92 Å². The molecule has 1 fully saturated rings. The van der Waals surface area contributed by atoms with E-state index >= 15 is 0 Å². The fraction of sp³-hybridized carbons (Fsp3) is 0.389. The number of anilines is 2. The smallest absolute Gasteiger partial charge is 0.153 e. The lowest BCUT2D eigenvalue weighted by Crippen LogP contribution is -2.38. The number of nitrogens with one attached hydrogen (secondary N) is 1. The van der Waals surface area contributed by atoms with E-state index in [0.717, 1.165) is 72.0 Å². The molecular formula is C18H21BrN6O. The van der Waals surface area contributed by atoms with Gasteiger partial charge in [-0.25, -0.2) is 9.97 Å². The van der Waals surface area contributed by atoms with Crippen LogP contribution < -0.4 is 5.32 Å². The SMILES string of the molecule is Cc1cc(Br)c2ncnc(Nc3ccn(CCN4CCOCC4)n3)c2c1. The van der Waals surface area contributed by atoms with Crippen LogP contribution in [0.2, 0.25) is 0 Å². The number of halogens is 1. The second-order valence-corrected chi connectivity index (χ2v) is 7.26. The van der Waals surface area contributed by atoms with Gasteiger partial charge in [0.15, 0.2) is 5.82 Å². The van der Waals surface area contributed by atoms with Crippen molar-refractivity contribution in [3.05, 3.63) is 40.8 Å². The number of hydrogen-bond donors (Lipinski definition) is 1. The van der Waals surface area contributed by atoms with Crippen LogP contribution in [0.3, 0.4) is 0 Å². The number of benzene rings is 1. The predicted octanol–water partition coefficient (Wildman–Crippen LogP) is 2.97. The molecule has 2 aromatic heterocycles. The van der Waals surface area contributed by atoms with E-state index in [1.807, 2.05) is 16.9 Å². The van der Waals surface area contributed by atoms with E-state index in [4.69, 9.17) is 4.74 Å². The van der Waals surface area contributed by atoms with Gasteiger partial charge >= 0.3 is 0 Å². The molecule has 0 saturated carbocycles. The largest absolute Gasteiger partial charge is 0.379 e. The average Bonchev–Trinajstić information content (AvgIpc) is 3.09. The van der Waals surface area contributed by atoms with E-state index in [-0.39, 0.29) is 0 Å². The number of nitrogens with zero attached hydrogens (tertiary/aromatic N) is 5. The standard InChI is InChI=1S/C18H21BrN6O/c1-13-10-14-17(15(19)11-13)20-12-21-18(14)22-16-2-3-25(23-16)5-4-24-6-8-26-9-7-24/h2-3,10-12H,4-9H2,1H3,(H,20,21,22,23). The Balaban J connectivity index is 1.48. The van der Waals surface area contributed by atoms with Crippen LogP contribution in [-0.4, -0.2) is 57.5 Å². The number of rotatable bonds is 5. The van der Waals surface area contributed by atoms with Crippen LogP contribution in [0.15, 0.2) is 35.2 Å². The van der Waals surface area contributed by atoms with Crippen LogP contribution in [0.25, 0.3) is 10.9 Å². The van der Waals surface area contributed by atoms with Crippen molar-refractivity contribution < 1.29 is 4.74 Å². The Morgan fingerprint density at radius 2 is 2.04 bits per heavy atom. The molecule has 0 amide bonds. The summed E-state index contributed by atoms with van der Waals surface area (Å²) in [6.45, 7) is 7.52. The molecule has 0 unspecified atom stereocenters. The lowest BCUT2D eigenvalue weighted by molar-refractivity contribution is 0.0360. The van der Waals surface area contributed by atoms with Gasteiger partial charge in [0, 0.05) is 41.8 Å². The number of aryl methyl sites for hydroxylation is 1. The molecule has 3 aromatic rings. The Bertz CT molecular complexity index is 906. The minimum atomic E-state index is 0.762. The molecule has 1 saturated heterocycles. The van der Waals surface area contributed by atoms with Gasteiger partial charge in [0.05, 0.1) is 25.3 Å². The van der Waals surface area contributed by atoms with Crippen LogP contribution >= 0.6 is 15.9 Å². The maximum absolute atomic E-state index is 5.38. The van der Waals surface area contributed by atoms with Crippen molar-refractivity contribution in [2.24, 2.45) is 0 Å². The van der Waals surface area contributed by atoms with Crippen molar-refractivity contribution in [2.75, 3.05) is 38.2 Å². The van der Waals surface area contributed by atoms with Crippen LogP contribution in [-0.2, 0) is 11.3 Å². The van der Waals surface area contributed by atoms with Gasteiger partial charge in [-0.2, -0.15) is 5.10 Å². The minimum Gasteiger partial charge on any atom is -0.379 e. The third kappa shape index (κ3) is 3.87. The van der Waals surface area contributed by atoms with Crippen molar-refractivity contribution in [2.45, 2.75) is 13.5 Å². The first-order valence-corrected chi connectivity index (χ1v) is 9.50. The second kappa shape index (κ2) is 7.69. The van der Waals surface area contributed by atoms with E-state index in [9.17, 15) is 0 Å². The summed E-state index contributed by atoms with van der Waals surface area (Å²) in [5.41, 5.74) is 2.04. The van der Waals surface area contributed by atoms with Crippen molar-refractivity contribution >= 4 is 38.5 Å². The molecule has 0 bridgehead atoms. The Hall–Kier alpha value is -2.03. The van der Waals surface area contributed by atoms with Crippen LogP contribution in [0.1, 0.15) is 5.56 Å². The van der Waals surface area contributed by atoms with E-state index in [2.05, 4.69) is 60.3 Å². The van der Waals surface area contributed by atoms with E-state index in [0.29, 0.717) is 0 Å². The molecule has 26 heavy (non-hydrogen) atoms. The maximum Gasteiger partial charge on any atom is 0.153 e. The van der Waals surface area contributed by atoms with Crippen molar-refractivity contribution in [1.82, 2.24) is 24.6 Å². The number of hydrogen-bond acceptors (Lipinski definition) is 6. The first kappa shape index (κ1) is 17.4. The summed E-state index contributed by atoms with van der Waals surface area (Å²) in [6, 6.07) is 6.11. The molecular weight excluding hydrogens is 396 g/mol. The van der Waals surface area contributed by atoms with Gasteiger partial charge in [-0.3, -0.25) is 9.58 Å². The first-order chi connectivity index (χ1) is 12.7. The van der Waals surface area contributed by atoms with Crippen molar-refractivity contribution in [1.29, 1.82) is 0 Å². The third-order valence-corrected chi connectivity index (χ3v) is 5.08. The molecule has 8 heteroatoms. The lowest BCUT2D eigenvalue weighted by Gasteiger charge is -2.26. The predicted molar refractivity (Wildman–Crippen MR) is 105 cm³/mol. The summed E-state index contributed by atoms with van der Waals surface area (Å²) in [5.74, 6) is 1.54. The molecule has 0 radical (unpaired) electrons. The summed E-state index contributed by atoms with van der Waals surface area (Å²) in [7, 11) is 0. The number of morpholine rings is 1. The van der Waals surface area contributed by atoms with Gasteiger partial charge in [0.25, 0.3) is 0 Å². The molecule has 1 aliphatic rings. The molecule has 0 spiro atoms. The zero-order chi connectivity index (χ0) is 17.9.